The lowest BCUT2D eigenvalue weighted by Gasteiger charge is -2.18. The quantitative estimate of drug-likeness (QED) is 0.272. The van der Waals surface area contributed by atoms with E-state index in [4.69, 9.17) is 0 Å². The van der Waals surface area contributed by atoms with Gasteiger partial charge in [0.15, 0.2) is 0 Å². The molecule has 0 radical (unpaired) electrons. The van der Waals surface area contributed by atoms with Crippen molar-refractivity contribution in [2.75, 3.05) is 4.90 Å². The van der Waals surface area contributed by atoms with Crippen LogP contribution >= 0.6 is 0 Å². The van der Waals surface area contributed by atoms with E-state index in [-0.39, 0.29) is 19.8 Å². The molecule has 0 aliphatic carbocycles. The van der Waals surface area contributed by atoms with E-state index in [1.807, 2.05) is 0 Å². The number of amides is 1. The van der Waals surface area contributed by atoms with Crippen LogP contribution in [0, 0.1) is 11.6 Å². The molecule has 0 N–H and O–H groups in total. The monoisotopic (exact) mass is 496 g/mol. The van der Waals surface area contributed by atoms with Gasteiger partial charge in [-0.25, -0.2) is 8.78 Å². The predicted molar refractivity (Wildman–Crippen MR) is 128 cm³/mol. The highest BCUT2D eigenvalue weighted by molar-refractivity contribution is 6.10. The number of fused-ring (bicyclic) bond motifs is 1. The van der Waals surface area contributed by atoms with Gasteiger partial charge in [0.25, 0.3) is 0 Å². The van der Waals surface area contributed by atoms with Crippen LogP contribution in [0.2, 0.25) is 0 Å². The molecule has 1 aliphatic rings. The first-order chi connectivity index (χ1) is 16.7. The minimum absolute atomic E-state index is 0. The van der Waals surface area contributed by atoms with Gasteiger partial charge in [-0.3, -0.25) is 14.7 Å². The van der Waals surface area contributed by atoms with Gasteiger partial charge in [-0.1, -0.05) is 25.6 Å². The average molecular weight is 496 g/mol. The Morgan fingerprint density at radius 1 is 0.833 bits per heavy atom. The molecule has 8 heteroatoms. The molecule has 1 atom stereocenters. The van der Waals surface area contributed by atoms with Crippen molar-refractivity contribution in [1.29, 1.82) is 0 Å². The summed E-state index contributed by atoms with van der Waals surface area (Å²) in [4.78, 5) is 19.0. The van der Waals surface area contributed by atoms with Crippen molar-refractivity contribution in [3.63, 3.8) is 0 Å². The molecule has 3 nitrogen and oxygen atoms in total. The van der Waals surface area contributed by atoms with Gasteiger partial charge in [0.05, 0.1) is 22.9 Å². The minimum Gasteiger partial charge on any atom is -0.280 e. The first-order valence-electron chi connectivity index (χ1n) is 10.7. The topological polar surface area (TPSA) is 33.2 Å². The van der Waals surface area contributed by atoms with E-state index >= 15 is 0 Å². The van der Waals surface area contributed by atoms with E-state index < -0.39 is 29.3 Å². The number of benzene rings is 3. The normalized spacial score (nSPS) is 15.0. The molecule has 5 rings (SSSR count). The number of aromatic nitrogens is 1. The number of carbonyl (C=O) groups excluding carboxylic acids is 1. The van der Waals surface area contributed by atoms with Gasteiger partial charge in [0.1, 0.15) is 11.6 Å². The molecule has 0 saturated carbocycles. The van der Waals surface area contributed by atoms with Crippen LogP contribution in [-0.4, -0.2) is 10.9 Å². The number of nitrogens with zero attached hydrogens (tertiary/aromatic N) is 2. The van der Waals surface area contributed by atoms with Crippen molar-refractivity contribution in [3.05, 3.63) is 114 Å². The van der Waals surface area contributed by atoms with E-state index in [9.17, 15) is 26.7 Å². The molecule has 1 aliphatic heterocycles. The predicted octanol–water partition coefficient (Wildman–Crippen LogP) is 7.69. The Kier molecular flexibility index (Phi) is 6.63. The second kappa shape index (κ2) is 9.53. The fourth-order valence-corrected chi connectivity index (χ4v) is 4.42. The van der Waals surface area contributed by atoms with Gasteiger partial charge >= 0.3 is 6.18 Å². The summed E-state index contributed by atoms with van der Waals surface area (Å²) in [5.74, 6) is -2.61. The van der Waals surface area contributed by atoms with Crippen molar-refractivity contribution in [1.82, 2.24) is 4.98 Å². The van der Waals surface area contributed by atoms with Crippen LogP contribution in [0.15, 0.2) is 85.2 Å². The maximum absolute atomic E-state index is 13.8. The molecule has 1 aromatic heterocycles. The van der Waals surface area contributed by atoms with Gasteiger partial charge in [-0.05, 0) is 77.2 Å². The first-order valence-corrected chi connectivity index (χ1v) is 10.7. The van der Waals surface area contributed by atoms with Crippen molar-refractivity contribution in [2.24, 2.45) is 0 Å². The fraction of sp³-hybridized carbons (Fsp3) is 0.143. The summed E-state index contributed by atoms with van der Waals surface area (Å²) in [5.41, 5.74) is 2.03. The molecule has 2 heterocycles. The third kappa shape index (κ3) is 4.71. The van der Waals surface area contributed by atoms with Crippen molar-refractivity contribution >= 4 is 17.3 Å². The number of halogens is 5. The SMILES string of the molecule is C.O=C1C(Cc2cc(F)cc(F)c2)c2cc(-c3cccc(C(F)(F)F)c3)ccc2N1c1ccncc1. The molecule has 4 aromatic rings. The maximum atomic E-state index is 13.8. The Morgan fingerprint density at radius 2 is 1.50 bits per heavy atom. The van der Waals surface area contributed by atoms with Crippen LogP contribution in [0.25, 0.3) is 11.1 Å². The largest absolute Gasteiger partial charge is 0.416 e. The minimum atomic E-state index is -4.50. The number of pyridine rings is 1. The summed E-state index contributed by atoms with van der Waals surface area (Å²) in [7, 11) is 0. The molecule has 36 heavy (non-hydrogen) atoms. The van der Waals surface area contributed by atoms with E-state index in [1.54, 1.807) is 36.4 Å². The summed E-state index contributed by atoms with van der Waals surface area (Å²) in [6, 6.07) is 16.3. The highest BCUT2D eigenvalue weighted by atomic mass is 19.4. The fourth-order valence-electron chi connectivity index (χ4n) is 4.42. The number of rotatable bonds is 4. The molecule has 184 valence electrons. The van der Waals surface area contributed by atoms with Gasteiger partial charge < -0.3 is 0 Å². The number of anilines is 2. The van der Waals surface area contributed by atoms with Gasteiger partial charge in [0, 0.05) is 18.5 Å². The maximum Gasteiger partial charge on any atom is 0.416 e. The molecular weight excluding hydrogens is 475 g/mol. The van der Waals surface area contributed by atoms with Crippen LogP contribution in [0.3, 0.4) is 0 Å². The Labute approximate surface area is 204 Å². The molecule has 1 amide bonds. The Hall–Kier alpha value is -4.07. The Balaban J connectivity index is 0.00000304. The molecule has 0 spiro atoms. The third-order valence-corrected chi connectivity index (χ3v) is 5.97. The lowest BCUT2D eigenvalue weighted by Crippen LogP contribution is -2.24. The van der Waals surface area contributed by atoms with Crippen molar-refractivity contribution in [3.8, 4) is 11.1 Å². The smallest absolute Gasteiger partial charge is 0.280 e. The number of hydrogen-bond donors (Lipinski definition) is 0. The summed E-state index contributed by atoms with van der Waals surface area (Å²) < 4.78 is 67.4. The molecular formula is C28H21F5N2O. The standard InChI is InChI=1S/C27H17F5N2O.CH4/c28-20-10-16(11-21(29)15-20)12-24-23-14-18(17-2-1-3-19(13-17)27(30,31)32)4-5-25(23)34(26(24)35)22-6-8-33-9-7-22;/h1-11,13-15,24H,12H2;1H4. The van der Waals surface area contributed by atoms with E-state index in [2.05, 4.69) is 4.98 Å². The molecule has 3 aromatic carbocycles. The highest BCUT2D eigenvalue weighted by Crippen LogP contribution is 2.45. The van der Waals surface area contributed by atoms with Crippen LogP contribution in [0.4, 0.5) is 33.3 Å². The van der Waals surface area contributed by atoms with E-state index in [1.165, 1.54) is 35.5 Å². The summed E-state index contributed by atoms with van der Waals surface area (Å²) >= 11 is 0. The van der Waals surface area contributed by atoms with Crippen LogP contribution in [0.5, 0.6) is 0 Å². The molecule has 1 unspecified atom stereocenters. The highest BCUT2D eigenvalue weighted by Gasteiger charge is 2.38. The van der Waals surface area contributed by atoms with Crippen LogP contribution in [0.1, 0.15) is 30.0 Å². The number of alkyl halides is 3. The second-order valence-electron chi connectivity index (χ2n) is 8.27. The zero-order valence-electron chi connectivity index (χ0n) is 18.1. The Morgan fingerprint density at radius 3 is 2.17 bits per heavy atom. The zero-order valence-corrected chi connectivity index (χ0v) is 18.1. The zero-order chi connectivity index (χ0) is 24.7. The summed E-state index contributed by atoms with van der Waals surface area (Å²) in [6.07, 6.45) is -1.40. The third-order valence-electron chi connectivity index (χ3n) is 5.97. The average Bonchev–Trinajstić information content (AvgIpc) is 3.09. The first kappa shape index (κ1) is 25.0. The van der Waals surface area contributed by atoms with E-state index in [0.717, 1.165) is 18.2 Å². The second-order valence-corrected chi connectivity index (χ2v) is 8.27. The van der Waals surface area contributed by atoms with Crippen molar-refractivity contribution in [2.45, 2.75) is 25.9 Å². The lowest BCUT2D eigenvalue weighted by molar-refractivity contribution is -0.137. The lowest BCUT2D eigenvalue weighted by atomic mass is 9.90. The van der Waals surface area contributed by atoms with Gasteiger partial charge in [-0.2, -0.15) is 13.2 Å². The summed E-state index contributed by atoms with van der Waals surface area (Å²) in [6.45, 7) is 0. The van der Waals surface area contributed by atoms with Crippen molar-refractivity contribution < 1.29 is 26.7 Å². The number of carbonyl (C=O) groups is 1. The molecule has 0 bridgehead atoms. The van der Waals surface area contributed by atoms with Crippen LogP contribution < -0.4 is 4.90 Å². The molecule has 0 fully saturated rings. The van der Waals surface area contributed by atoms with Gasteiger partial charge in [-0.15, -0.1) is 0 Å². The van der Waals surface area contributed by atoms with Crippen LogP contribution in [-0.2, 0) is 17.4 Å². The van der Waals surface area contributed by atoms with E-state index in [0.29, 0.717) is 33.6 Å². The van der Waals surface area contributed by atoms with Gasteiger partial charge in [0.2, 0.25) is 5.91 Å². The molecule has 0 saturated heterocycles. The number of hydrogen-bond acceptors (Lipinski definition) is 2. The summed E-state index contributed by atoms with van der Waals surface area (Å²) in [5, 5.41) is 0. The Bertz CT molecular complexity index is 1400.